The van der Waals surface area contributed by atoms with Gasteiger partial charge in [-0.2, -0.15) is 16.4 Å². The molecular formula is C11H12N4O2S. The molecule has 2 aromatic rings. The van der Waals surface area contributed by atoms with Crippen LogP contribution in [0, 0.1) is 0 Å². The van der Waals surface area contributed by atoms with Crippen LogP contribution >= 0.6 is 11.3 Å². The number of carbonyl (C=O) groups is 2. The molecule has 3 N–H and O–H groups in total. The quantitative estimate of drug-likeness (QED) is 0.869. The Morgan fingerprint density at radius 2 is 2.28 bits per heavy atom. The van der Waals surface area contributed by atoms with Crippen molar-refractivity contribution in [2.24, 2.45) is 5.73 Å². The van der Waals surface area contributed by atoms with Crippen LogP contribution in [0.15, 0.2) is 29.1 Å². The van der Waals surface area contributed by atoms with E-state index in [1.807, 2.05) is 28.2 Å². The van der Waals surface area contributed by atoms with Crippen LogP contribution in [0.3, 0.4) is 0 Å². The average Bonchev–Trinajstić information content (AvgIpc) is 2.96. The molecule has 3 amide bonds. The van der Waals surface area contributed by atoms with Crippen molar-refractivity contribution in [3.8, 4) is 11.3 Å². The molecule has 2 heterocycles. The van der Waals surface area contributed by atoms with Crippen molar-refractivity contribution < 1.29 is 9.59 Å². The third-order valence-electron chi connectivity index (χ3n) is 2.29. The van der Waals surface area contributed by atoms with E-state index < -0.39 is 11.9 Å². The molecule has 0 radical (unpaired) electrons. The van der Waals surface area contributed by atoms with Gasteiger partial charge in [0.05, 0.1) is 5.69 Å². The third kappa shape index (κ3) is 3.17. The Labute approximate surface area is 107 Å². The number of hydrogen-bond donors (Lipinski definition) is 2. The molecule has 0 saturated carbocycles. The minimum absolute atomic E-state index is 0.160. The van der Waals surface area contributed by atoms with Gasteiger partial charge in [-0.1, -0.05) is 0 Å². The lowest BCUT2D eigenvalue weighted by atomic mass is 10.2. The first-order valence-corrected chi connectivity index (χ1v) is 6.25. The Morgan fingerprint density at radius 3 is 2.94 bits per heavy atom. The molecule has 0 aliphatic rings. The van der Waals surface area contributed by atoms with Crippen molar-refractivity contribution in [2.75, 3.05) is 0 Å². The van der Waals surface area contributed by atoms with Gasteiger partial charge in [-0.3, -0.25) is 14.8 Å². The fourth-order valence-electron chi connectivity index (χ4n) is 1.47. The maximum absolute atomic E-state index is 11.2. The zero-order chi connectivity index (χ0) is 13.0. The van der Waals surface area contributed by atoms with Gasteiger partial charge in [-0.25, -0.2) is 4.79 Å². The molecule has 0 fully saturated rings. The fourth-order valence-corrected chi connectivity index (χ4v) is 2.12. The van der Waals surface area contributed by atoms with Crippen molar-refractivity contribution in [3.63, 3.8) is 0 Å². The van der Waals surface area contributed by atoms with E-state index in [0.29, 0.717) is 6.54 Å². The number of primary amides is 1. The topological polar surface area (TPSA) is 90.0 Å². The van der Waals surface area contributed by atoms with E-state index >= 15 is 0 Å². The highest BCUT2D eigenvalue weighted by atomic mass is 32.1. The summed E-state index contributed by atoms with van der Waals surface area (Å²) in [7, 11) is 0. The third-order valence-corrected chi connectivity index (χ3v) is 2.97. The average molecular weight is 264 g/mol. The van der Waals surface area contributed by atoms with Gasteiger partial charge in [0.25, 0.3) is 0 Å². The highest BCUT2D eigenvalue weighted by molar-refractivity contribution is 7.08. The number of hydrogen-bond acceptors (Lipinski definition) is 4. The fraction of sp³-hybridized carbons (Fsp3) is 0.182. The predicted octanol–water partition coefficient (Wildman–Crippen LogP) is 1.20. The maximum atomic E-state index is 11.2. The number of thiophene rings is 1. The molecule has 0 aliphatic heterocycles. The van der Waals surface area contributed by atoms with Crippen molar-refractivity contribution in [1.82, 2.24) is 15.1 Å². The summed E-state index contributed by atoms with van der Waals surface area (Å²) >= 11 is 1.60. The first-order chi connectivity index (χ1) is 8.65. The number of nitrogens with one attached hydrogen (secondary N) is 1. The lowest BCUT2D eigenvalue weighted by Crippen LogP contribution is -2.35. The molecule has 6 nitrogen and oxygen atoms in total. The monoisotopic (exact) mass is 264 g/mol. The van der Waals surface area contributed by atoms with E-state index in [-0.39, 0.29) is 6.42 Å². The standard InChI is InChI=1S/C11H12N4O2S/c12-11(17)13-10(16)2-5-15-4-1-9(14-15)8-3-6-18-7-8/h1,3-4,6-7H,2,5H2,(H3,12,13,16,17). The van der Waals surface area contributed by atoms with Crippen LogP contribution in [0.5, 0.6) is 0 Å². The zero-order valence-corrected chi connectivity index (χ0v) is 10.3. The second-order valence-electron chi connectivity index (χ2n) is 3.64. The molecule has 7 heteroatoms. The van der Waals surface area contributed by atoms with E-state index in [1.54, 1.807) is 22.2 Å². The number of aromatic nitrogens is 2. The smallest absolute Gasteiger partial charge is 0.318 e. The Kier molecular flexibility index (Phi) is 3.73. The van der Waals surface area contributed by atoms with Crippen molar-refractivity contribution in [1.29, 1.82) is 0 Å². The summed E-state index contributed by atoms with van der Waals surface area (Å²) in [6.07, 6.45) is 1.96. The largest absolute Gasteiger partial charge is 0.351 e. The van der Waals surface area contributed by atoms with E-state index in [4.69, 9.17) is 5.73 Å². The summed E-state index contributed by atoms with van der Waals surface area (Å²) in [6.45, 7) is 0.406. The molecule has 0 atom stereocenters. The van der Waals surface area contributed by atoms with Gasteiger partial charge in [-0.05, 0) is 17.5 Å². The van der Waals surface area contributed by atoms with Gasteiger partial charge in [0.2, 0.25) is 5.91 Å². The summed E-state index contributed by atoms with van der Waals surface area (Å²) < 4.78 is 1.66. The first-order valence-electron chi connectivity index (χ1n) is 5.30. The van der Waals surface area contributed by atoms with Crippen LogP contribution < -0.4 is 11.1 Å². The molecule has 0 aliphatic carbocycles. The lowest BCUT2D eigenvalue weighted by Gasteiger charge is -2.01. The number of nitrogens with zero attached hydrogens (tertiary/aromatic N) is 2. The van der Waals surface area contributed by atoms with Gasteiger partial charge in [0, 0.05) is 30.1 Å². The van der Waals surface area contributed by atoms with Crippen LogP contribution in [0.2, 0.25) is 0 Å². The van der Waals surface area contributed by atoms with Gasteiger partial charge in [-0.15, -0.1) is 0 Å². The van der Waals surface area contributed by atoms with Crippen LogP contribution in [0.1, 0.15) is 6.42 Å². The number of imide groups is 1. The summed E-state index contributed by atoms with van der Waals surface area (Å²) in [5.41, 5.74) is 6.76. The minimum Gasteiger partial charge on any atom is -0.351 e. The number of rotatable bonds is 4. The summed E-state index contributed by atoms with van der Waals surface area (Å²) in [4.78, 5) is 21.7. The van der Waals surface area contributed by atoms with E-state index in [0.717, 1.165) is 11.3 Å². The molecule has 0 bridgehead atoms. The Balaban J connectivity index is 1.91. The van der Waals surface area contributed by atoms with Gasteiger partial charge >= 0.3 is 6.03 Å². The lowest BCUT2D eigenvalue weighted by molar-refractivity contribution is -0.120. The molecule has 0 unspecified atom stereocenters. The van der Waals surface area contributed by atoms with Crippen molar-refractivity contribution in [2.45, 2.75) is 13.0 Å². The molecule has 94 valence electrons. The minimum atomic E-state index is -0.834. The molecule has 2 rings (SSSR count). The molecule has 0 aromatic carbocycles. The zero-order valence-electron chi connectivity index (χ0n) is 9.50. The van der Waals surface area contributed by atoms with E-state index in [1.165, 1.54) is 0 Å². The summed E-state index contributed by atoms with van der Waals surface area (Å²) in [6, 6.07) is 3.03. The summed E-state index contributed by atoms with van der Waals surface area (Å²) in [5.74, 6) is -0.407. The van der Waals surface area contributed by atoms with Crippen molar-refractivity contribution in [3.05, 3.63) is 29.1 Å². The SMILES string of the molecule is NC(=O)NC(=O)CCn1ccc(-c2ccsc2)n1. The van der Waals surface area contributed by atoms with Crippen LogP contribution in [0.25, 0.3) is 11.3 Å². The predicted molar refractivity (Wildman–Crippen MR) is 67.9 cm³/mol. The number of amides is 3. The highest BCUT2D eigenvalue weighted by Crippen LogP contribution is 2.19. The normalized spacial score (nSPS) is 10.2. The number of nitrogens with two attached hydrogens (primary N) is 1. The molecule has 2 aromatic heterocycles. The van der Waals surface area contributed by atoms with Crippen LogP contribution in [0.4, 0.5) is 4.79 Å². The Morgan fingerprint density at radius 1 is 1.44 bits per heavy atom. The molecule has 18 heavy (non-hydrogen) atoms. The van der Waals surface area contributed by atoms with Crippen molar-refractivity contribution >= 4 is 23.3 Å². The number of carbonyl (C=O) groups excluding carboxylic acids is 2. The summed E-state index contributed by atoms with van der Waals surface area (Å²) in [5, 5.41) is 10.3. The molecule has 0 saturated heterocycles. The maximum Gasteiger partial charge on any atom is 0.318 e. The molecule has 0 spiro atoms. The number of aryl methyl sites for hydroxylation is 1. The van der Waals surface area contributed by atoms with Crippen LogP contribution in [-0.4, -0.2) is 21.7 Å². The van der Waals surface area contributed by atoms with Gasteiger partial charge in [0.15, 0.2) is 0 Å². The second-order valence-corrected chi connectivity index (χ2v) is 4.42. The van der Waals surface area contributed by atoms with Gasteiger partial charge < -0.3 is 5.73 Å². The van der Waals surface area contributed by atoms with Crippen LogP contribution in [-0.2, 0) is 11.3 Å². The first kappa shape index (κ1) is 12.3. The second kappa shape index (κ2) is 5.46. The number of urea groups is 1. The van der Waals surface area contributed by atoms with E-state index in [2.05, 4.69) is 5.10 Å². The Bertz CT molecular complexity index is 547. The Hall–Kier alpha value is -2.15. The highest BCUT2D eigenvalue weighted by Gasteiger charge is 2.06. The van der Waals surface area contributed by atoms with Gasteiger partial charge in [0.1, 0.15) is 0 Å². The molecular weight excluding hydrogens is 252 g/mol. The van der Waals surface area contributed by atoms with E-state index in [9.17, 15) is 9.59 Å².